The Balaban J connectivity index is 1.70. The lowest BCUT2D eigenvalue weighted by molar-refractivity contribution is 0.364. The number of nitrogens with one attached hydrogen (secondary N) is 2. The highest BCUT2D eigenvalue weighted by molar-refractivity contribution is 5.24. The summed E-state index contributed by atoms with van der Waals surface area (Å²) in [6.45, 7) is 7.74. The number of hydrogen-bond acceptors (Lipinski definition) is 4. The van der Waals surface area contributed by atoms with Crippen molar-refractivity contribution in [1.82, 2.24) is 15.3 Å². The van der Waals surface area contributed by atoms with Gasteiger partial charge in [-0.1, -0.05) is 13.8 Å². The molecule has 1 aliphatic heterocycles. The van der Waals surface area contributed by atoms with E-state index in [9.17, 15) is 0 Å². The van der Waals surface area contributed by atoms with Gasteiger partial charge in [0.25, 0.3) is 0 Å². The molecule has 1 fully saturated rings. The van der Waals surface area contributed by atoms with Crippen molar-refractivity contribution in [3.05, 3.63) is 18.0 Å². The molecule has 1 saturated heterocycles. The zero-order chi connectivity index (χ0) is 13.5. The van der Waals surface area contributed by atoms with Crippen LogP contribution in [-0.4, -0.2) is 29.6 Å². The Kier molecular flexibility index (Phi) is 5.58. The maximum absolute atomic E-state index is 4.38. The third-order valence-corrected chi connectivity index (χ3v) is 3.58. The summed E-state index contributed by atoms with van der Waals surface area (Å²) in [4.78, 5) is 8.75. The van der Waals surface area contributed by atoms with Crippen molar-refractivity contribution < 1.29 is 0 Å². The highest BCUT2D eigenvalue weighted by Gasteiger charge is 2.12. The summed E-state index contributed by atoms with van der Waals surface area (Å²) < 4.78 is 0. The van der Waals surface area contributed by atoms with E-state index in [4.69, 9.17) is 0 Å². The minimum Gasteiger partial charge on any atom is -0.354 e. The van der Waals surface area contributed by atoms with Crippen LogP contribution in [-0.2, 0) is 6.42 Å². The first kappa shape index (κ1) is 14.3. The molecule has 2 heterocycles. The van der Waals surface area contributed by atoms with Crippen LogP contribution < -0.4 is 10.6 Å². The van der Waals surface area contributed by atoms with Gasteiger partial charge in [0.2, 0.25) is 5.95 Å². The van der Waals surface area contributed by atoms with Gasteiger partial charge >= 0.3 is 0 Å². The summed E-state index contributed by atoms with van der Waals surface area (Å²) in [6, 6.07) is 0. The average molecular weight is 262 g/mol. The third kappa shape index (κ3) is 5.15. The van der Waals surface area contributed by atoms with Crippen LogP contribution in [0.25, 0.3) is 0 Å². The molecular formula is C15H26N4. The lowest BCUT2D eigenvalue weighted by Gasteiger charge is -2.22. The number of anilines is 1. The molecule has 2 rings (SSSR count). The second-order valence-corrected chi connectivity index (χ2v) is 5.94. The molecule has 106 valence electrons. The van der Waals surface area contributed by atoms with Crippen LogP contribution in [0, 0.1) is 11.8 Å². The van der Waals surface area contributed by atoms with Gasteiger partial charge in [0, 0.05) is 18.9 Å². The first-order valence-corrected chi connectivity index (χ1v) is 7.49. The van der Waals surface area contributed by atoms with Gasteiger partial charge in [-0.25, -0.2) is 9.97 Å². The van der Waals surface area contributed by atoms with Crippen molar-refractivity contribution in [3.63, 3.8) is 0 Å². The molecule has 0 bridgehead atoms. The van der Waals surface area contributed by atoms with Gasteiger partial charge < -0.3 is 10.6 Å². The summed E-state index contributed by atoms with van der Waals surface area (Å²) in [6.07, 6.45) is 8.79. The molecule has 2 N–H and O–H groups in total. The van der Waals surface area contributed by atoms with Crippen LogP contribution in [0.3, 0.4) is 0 Å². The fourth-order valence-electron chi connectivity index (χ4n) is 2.58. The molecule has 4 nitrogen and oxygen atoms in total. The molecule has 0 aromatic carbocycles. The number of rotatable bonds is 6. The quantitative estimate of drug-likeness (QED) is 0.827. The minimum absolute atomic E-state index is 0.654. The van der Waals surface area contributed by atoms with Crippen LogP contribution >= 0.6 is 0 Å². The average Bonchev–Trinajstić information content (AvgIpc) is 2.41. The van der Waals surface area contributed by atoms with Crippen molar-refractivity contribution in [1.29, 1.82) is 0 Å². The van der Waals surface area contributed by atoms with E-state index in [1.807, 2.05) is 12.4 Å². The molecule has 0 radical (unpaired) electrons. The molecule has 19 heavy (non-hydrogen) atoms. The standard InChI is InChI=1S/C15H26N4/c1-12(2)8-14-10-18-15(19-11-14)17-7-5-13-4-3-6-16-9-13/h10-13,16H,3-9H2,1-2H3,(H,17,18,19). The van der Waals surface area contributed by atoms with Gasteiger partial charge in [-0.3, -0.25) is 0 Å². The Labute approximate surface area is 116 Å². The van der Waals surface area contributed by atoms with Gasteiger partial charge in [-0.15, -0.1) is 0 Å². The van der Waals surface area contributed by atoms with E-state index in [2.05, 4.69) is 34.4 Å². The van der Waals surface area contributed by atoms with E-state index < -0.39 is 0 Å². The monoisotopic (exact) mass is 262 g/mol. The second-order valence-electron chi connectivity index (χ2n) is 5.94. The Morgan fingerprint density at radius 2 is 2.16 bits per heavy atom. The van der Waals surface area contributed by atoms with Crippen LogP contribution in [0.1, 0.15) is 38.7 Å². The van der Waals surface area contributed by atoms with Gasteiger partial charge in [0.1, 0.15) is 0 Å². The van der Waals surface area contributed by atoms with Gasteiger partial charge in [0.05, 0.1) is 0 Å². The molecule has 0 aliphatic carbocycles. The Morgan fingerprint density at radius 1 is 1.37 bits per heavy atom. The SMILES string of the molecule is CC(C)Cc1cnc(NCCC2CCCNC2)nc1. The van der Waals surface area contributed by atoms with Crippen molar-refractivity contribution in [2.24, 2.45) is 11.8 Å². The molecule has 4 heteroatoms. The van der Waals surface area contributed by atoms with E-state index in [1.165, 1.54) is 31.4 Å². The fraction of sp³-hybridized carbons (Fsp3) is 0.733. The summed E-state index contributed by atoms with van der Waals surface area (Å²) in [5, 5.41) is 6.77. The molecule has 1 aromatic heterocycles. The highest BCUT2D eigenvalue weighted by atomic mass is 15.1. The molecule has 1 atom stereocenters. The largest absolute Gasteiger partial charge is 0.354 e. The van der Waals surface area contributed by atoms with Crippen LogP contribution in [0.2, 0.25) is 0 Å². The number of hydrogen-bond donors (Lipinski definition) is 2. The van der Waals surface area contributed by atoms with E-state index >= 15 is 0 Å². The Bertz CT molecular complexity index is 355. The van der Waals surface area contributed by atoms with Crippen LogP contribution in [0.5, 0.6) is 0 Å². The maximum atomic E-state index is 4.38. The number of nitrogens with zero attached hydrogens (tertiary/aromatic N) is 2. The highest BCUT2D eigenvalue weighted by Crippen LogP contribution is 2.14. The number of piperidine rings is 1. The molecule has 1 unspecified atom stereocenters. The van der Waals surface area contributed by atoms with Gasteiger partial charge in [-0.05, 0) is 56.2 Å². The van der Waals surface area contributed by atoms with Crippen LogP contribution in [0.4, 0.5) is 5.95 Å². The molecule has 1 aromatic rings. The smallest absolute Gasteiger partial charge is 0.222 e. The lowest BCUT2D eigenvalue weighted by atomic mass is 9.96. The van der Waals surface area contributed by atoms with E-state index in [-0.39, 0.29) is 0 Å². The van der Waals surface area contributed by atoms with E-state index in [0.717, 1.165) is 31.4 Å². The predicted molar refractivity (Wildman–Crippen MR) is 79.3 cm³/mol. The van der Waals surface area contributed by atoms with Crippen molar-refractivity contribution >= 4 is 5.95 Å². The fourth-order valence-corrected chi connectivity index (χ4v) is 2.58. The molecule has 1 aliphatic rings. The lowest BCUT2D eigenvalue weighted by Crippen LogP contribution is -2.30. The first-order valence-electron chi connectivity index (χ1n) is 7.49. The van der Waals surface area contributed by atoms with Crippen LogP contribution in [0.15, 0.2) is 12.4 Å². The number of aromatic nitrogens is 2. The van der Waals surface area contributed by atoms with Crippen molar-refractivity contribution in [2.75, 3.05) is 25.0 Å². The predicted octanol–water partition coefficient (Wildman–Crippen LogP) is 2.48. The second kappa shape index (κ2) is 7.43. The van der Waals surface area contributed by atoms with Gasteiger partial charge in [-0.2, -0.15) is 0 Å². The van der Waals surface area contributed by atoms with E-state index in [0.29, 0.717) is 5.92 Å². The molecular weight excluding hydrogens is 236 g/mol. The summed E-state index contributed by atoms with van der Waals surface area (Å²) in [5.74, 6) is 2.22. The van der Waals surface area contributed by atoms with Crippen molar-refractivity contribution in [3.8, 4) is 0 Å². The topological polar surface area (TPSA) is 49.8 Å². The first-order chi connectivity index (χ1) is 9.24. The summed E-state index contributed by atoms with van der Waals surface area (Å²) in [7, 11) is 0. The van der Waals surface area contributed by atoms with Gasteiger partial charge in [0.15, 0.2) is 0 Å². The molecule has 0 spiro atoms. The zero-order valence-corrected chi connectivity index (χ0v) is 12.2. The third-order valence-electron chi connectivity index (χ3n) is 3.58. The summed E-state index contributed by atoms with van der Waals surface area (Å²) in [5.41, 5.74) is 1.22. The van der Waals surface area contributed by atoms with Crippen molar-refractivity contribution in [2.45, 2.75) is 39.5 Å². The Hall–Kier alpha value is -1.16. The molecule has 0 saturated carbocycles. The summed E-state index contributed by atoms with van der Waals surface area (Å²) >= 11 is 0. The normalized spacial score (nSPS) is 19.6. The minimum atomic E-state index is 0.654. The maximum Gasteiger partial charge on any atom is 0.222 e. The zero-order valence-electron chi connectivity index (χ0n) is 12.2. The molecule has 0 amide bonds. The Morgan fingerprint density at radius 3 is 2.79 bits per heavy atom. The van der Waals surface area contributed by atoms with E-state index in [1.54, 1.807) is 0 Å².